The molecule has 2 amide bonds. The molecule has 0 spiro atoms. The maximum Gasteiger partial charge on any atom is 0.227 e. The number of piperazine rings is 1. The Morgan fingerprint density at radius 3 is 2.17 bits per heavy atom. The number of rotatable bonds is 5. The Balaban J connectivity index is 0.00000288. The quantitative estimate of drug-likeness (QED) is 0.877. The van der Waals surface area contributed by atoms with Gasteiger partial charge in [-0.05, 0) is 31.4 Å². The van der Waals surface area contributed by atoms with Crippen LogP contribution >= 0.6 is 12.4 Å². The van der Waals surface area contributed by atoms with Crippen LogP contribution < -0.4 is 5.73 Å². The number of halogens is 1. The lowest BCUT2D eigenvalue weighted by Crippen LogP contribution is -2.51. The lowest BCUT2D eigenvalue weighted by atomic mass is 10.1. The molecule has 0 radical (unpaired) electrons. The average molecular weight is 354 g/mol. The highest BCUT2D eigenvalue weighted by Gasteiger charge is 2.24. The molecule has 134 valence electrons. The molecule has 1 aromatic carbocycles. The van der Waals surface area contributed by atoms with E-state index >= 15 is 0 Å². The van der Waals surface area contributed by atoms with Crippen molar-refractivity contribution in [2.75, 3.05) is 26.2 Å². The van der Waals surface area contributed by atoms with E-state index in [9.17, 15) is 9.59 Å². The van der Waals surface area contributed by atoms with Gasteiger partial charge in [0.2, 0.25) is 11.8 Å². The minimum atomic E-state index is 0. The normalized spacial score (nSPS) is 15.6. The Bertz CT molecular complexity index is 555. The number of nitrogens with two attached hydrogens (primary N) is 1. The highest BCUT2D eigenvalue weighted by atomic mass is 35.5. The summed E-state index contributed by atoms with van der Waals surface area (Å²) in [6, 6.07) is 8.02. The Morgan fingerprint density at radius 1 is 1.08 bits per heavy atom. The van der Waals surface area contributed by atoms with Crippen LogP contribution in [0.5, 0.6) is 0 Å². The van der Waals surface area contributed by atoms with E-state index in [0.717, 1.165) is 11.1 Å². The molecule has 0 saturated carbocycles. The molecule has 24 heavy (non-hydrogen) atoms. The first-order chi connectivity index (χ1) is 11.0. The summed E-state index contributed by atoms with van der Waals surface area (Å²) >= 11 is 0. The number of amides is 2. The average Bonchev–Trinajstić information content (AvgIpc) is 2.54. The first-order valence-corrected chi connectivity index (χ1v) is 8.33. The SMILES string of the molecule is Cc1ccccc1CC(=O)N1CCN(C(=O)CCC(C)N)CC1.Cl. The number of nitrogens with zero attached hydrogens (tertiary/aromatic N) is 2. The first kappa shape index (κ1) is 20.5. The minimum Gasteiger partial charge on any atom is -0.339 e. The zero-order valence-corrected chi connectivity index (χ0v) is 15.3. The molecule has 0 aliphatic carbocycles. The molecule has 1 aromatic rings. The Kier molecular flexibility index (Phi) is 8.22. The van der Waals surface area contributed by atoms with E-state index in [1.165, 1.54) is 0 Å². The molecule has 1 aliphatic heterocycles. The van der Waals surface area contributed by atoms with Crippen LogP contribution in [0.15, 0.2) is 24.3 Å². The van der Waals surface area contributed by atoms with Crippen LogP contribution in [0.3, 0.4) is 0 Å². The molecule has 1 saturated heterocycles. The van der Waals surface area contributed by atoms with Crippen molar-refractivity contribution in [1.82, 2.24) is 9.80 Å². The van der Waals surface area contributed by atoms with Gasteiger partial charge in [0.15, 0.2) is 0 Å². The van der Waals surface area contributed by atoms with Gasteiger partial charge in [-0.25, -0.2) is 0 Å². The molecular weight excluding hydrogens is 326 g/mol. The third-order valence-corrected chi connectivity index (χ3v) is 4.40. The second-order valence-corrected chi connectivity index (χ2v) is 6.38. The predicted molar refractivity (Wildman–Crippen MR) is 98.2 cm³/mol. The van der Waals surface area contributed by atoms with Gasteiger partial charge in [0.05, 0.1) is 6.42 Å². The van der Waals surface area contributed by atoms with Gasteiger partial charge in [-0.15, -0.1) is 12.4 Å². The molecule has 1 aliphatic rings. The van der Waals surface area contributed by atoms with Crippen LogP contribution in [0.25, 0.3) is 0 Å². The summed E-state index contributed by atoms with van der Waals surface area (Å²) in [5.74, 6) is 0.287. The van der Waals surface area contributed by atoms with Crippen molar-refractivity contribution in [2.24, 2.45) is 5.73 Å². The van der Waals surface area contributed by atoms with E-state index in [4.69, 9.17) is 5.73 Å². The molecule has 1 unspecified atom stereocenters. The molecule has 0 aromatic heterocycles. The molecule has 2 rings (SSSR count). The summed E-state index contributed by atoms with van der Waals surface area (Å²) in [6.07, 6.45) is 1.64. The third kappa shape index (κ3) is 5.80. The van der Waals surface area contributed by atoms with Gasteiger partial charge in [0, 0.05) is 38.6 Å². The van der Waals surface area contributed by atoms with Gasteiger partial charge in [0.25, 0.3) is 0 Å². The van der Waals surface area contributed by atoms with Gasteiger partial charge in [-0.3, -0.25) is 9.59 Å². The fraction of sp³-hybridized carbons (Fsp3) is 0.556. The van der Waals surface area contributed by atoms with Gasteiger partial charge in [0.1, 0.15) is 0 Å². The number of hydrogen-bond donors (Lipinski definition) is 1. The van der Waals surface area contributed by atoms with E-state index in [-0.39, 0.29) is 30.3 Å². The lowest BCUT2D eigenvalue weighted by molar-refractivity contribution is -0.139. The van der Waals surface area contributed by atoms with Gasteiger partial charge < -0.3 is 15.5 Å². The molecule has 1 heterocycles. The van der Waals surface area contributed by atoms with Crippen LogP contribution in [-0.4, -0.2) is 53.8 Å². The number of carbonyl (C=O) groups is 2. The van der Waals surface area contributed by atoms with Crippen molar-refractivity contribution in [3.63, 3.8) is 0 Å². The molecule has 5 nitrogen and oxygen atoms in total. The zero-order valence-electron chi connectivity index (χ0n) is 14.5. The van der Waals surface area contributed by atoms with Crippen LogP contribution in [0, 0.1) is 6.92 Å². The van der Waals surface area contributed by atoms with E-state index in [1.54, 1.807) is 0 Å². The van der Waals surface area contributed by atoms with Crippen molar-refractivity contribution in [1.29, 1.82) is 0 Å². The van der Waals surface area contributed by atoms with E-state index in [0.29, 0.717) is 45.4 Å². The van der Waals surface area contributed by atoms with Gasteiger partial charge >= 0.3 is 0 Å². The fourth-order valence-electron chi connectivity index (χ4n) is 2.80. The summed E-state index contributed by atoms with van der Waals surface area (Å²) in [5.41, 5.74) is 7.91. The zero-order chi connectivity index (χ0) is 16.8. The van der Waals surface area contributed by atoms with Crippen molar-refractivity contribution in [3.05, 3.63) is 35.4 Å². The van der Waals surface area contributed by atoms with Crippen molar-refractivity contribution in [3.8, 4) is 0 Å². The third-order valence-electron chi connectivity index (χ3n) is 4.40. The second-order valence-electron chi connectivity index (χ2n) is 6.38. The molecule has 0 bridgehead atoms. The van der Waals surface area contributed by atoms with Crippen LogP contribution in [-0.2, 0) is 16.0 Å². The second kappa shape index (κ2) is 9.64. The smallest absolute Gasteiger partial charge is 0.227 e. The number of aryl methyl sites for hydroxylation is 1. The summed E-state index contributed by atoms with van der Waals surface area (Å²) in [4.78, 5) is 28.2. The van der Waals surface area contributed by atoms with Crippen LogP contribution in [0.4, 0.5) is 0 Å². The van der Waals surface area contributed by atoms with Crippen molar-refractivity contribution >= 4 is 24.2 Å². The molecule has 2 N–H and O–H groups in total. The van der Waals surface area contributed by atoms with Gasteiger partial charge in [-0.2, -0.15) is 0 Å². The van der Waals surface area contributed by atoms with E-state index in [2.05, 4.69) is 0 Å². The Morgan fingerprint density at radius 2 is 1.62 bits per heavy atom. The molecule has 6 heteroatoms. The highest BCUT2D eigenvalue weighted by Crippen LogP contribution is 2.12. The molecular formula is C18H28ClN3O2. The first-order valence-electron chi connectivity index (χ1n) is 8.33. The Hall–Kier alpha value is -1.59. The van der Waals surface area contributed by atoms with Crippen molar-refractivity contribution in [2.45, 2.75) is 39.2 Å². The largest absolute Gasteiger partial charge is 0.339 e. The van der Waals surface area contributed by atoms with Crippen LogP contribution in [0.2, 0.25) is 0 Å². The summed E-state index contributed by atoms with van der Waals surface area (Å²) < 4.78 is 0. The maximum absolute atomic E-state index is 12.4. The lowest BCUT2D eigenvalue weighted by Gasteiger charge is -2.35. The number of benzene rings is 1. The number of hydrogen-bond acceptors (Lipinski definition) is 3. The Labute approximate surface area is 150 Å². The molecule has 1 fully saturated rings. The summed E-state index contributed by atoms with van der Waals surface area (Å²) in [6.45, 7) is 6.42. The van der Waals surface area contributed by atoms with E-state index < -0.39 is 0 Å². The van der Waals surface area contributed by atoms with E-state index in [1.807, 2.05) is 47.9 Å². The maximum atomic E-state index is 12.4. The predicted octanol–water partition coefficient (Wildman–Crippen LogP) is 1.76. The monoisotopic (exact) mass is 353 g/mol. The molecule has 1 atom stereocenters. The summed E-state index contributed by atoms with van der Waals surface area (Å²) in [5, 5.41) is 0. The minimum absolute atomic E-state index is 0. The number of carbonyl (C=O) groups excluding carboxylic acids is 2. The standard InChI is InChI=1S/C18H27N3O2.ClH/c1-14-5-3-4-6-16(14)13-18(23)21-11-9-20(10-12-21)17(22)8-7-15(2)19;/h3-6,15H,7-13,19H2,1-2H3;1H. The van der Waals surface area contributed by atoms with Gasteiger partial charge in [-0.1, -0.05) is 24.3 Å². The summed E-state index contributed by atoms with van der Waals surface area (Å²) in [7, 11) is 0. The van der Waals surface area contributed by atoms with Crippen LogP contribution in [0.1, 0.15) is 30.9 Å². The fourth-order valence-corrected chi connectivity index (χ4v) is 2.80. The van der Waals surface area contributed by atoms with Crippen molar-refractivity contribution < 1.29 is 9.59 Å². The topological polar surface area (TPSA) is 66.6 Å². The highest BCUT2D eigenvalue weighted by molar-refractivity contribution is 5.85.